The van der Waals surface area contributed by atoms with Crippen LogP contribution in [0.1, 0.15) is 56.7 Å². The van der Waals surface area contributed by atoms with Gasteiger partial charge in [0.1, 0.15) is 18.3 Å². The molecule has 0 heterocycles. The van der Waals surface area contributed by atoms with Gasteiger partial charge in [0.05, 0.1) is 17.2 Å². The molecule has 0 saturated carbocycles. The molecule has 8 nitrogen and oxygen atoms in total. The summed E-state index contributed by atoms with van der Waals surface area (Å²) in [6, 6.07) is 20.2. The minimum absolute atomic E-state index is 0.0574. The molecule has 2 amide bonds. The Kier molecular flexibility index (Phi) is 12.0. The minimum Gasteiger partial charge on any atom is -0.492 e. The van der Waals surface area contributed by atoms with E-state index in [-0.39, 0.29) is 23.0 Å². The quantitative estimate of drug-likeness (QED) is 0.231. The Morgan fingerprint density at radius 1 is 0.905 bits per heavy atom. The predicted molar refractivity (Wildman–Crippen MR) is 167 cm³/mol. The Hall–Kier alpha value is -3.85. The molecular weight excluding hydrogens is 550 g/mol. The smallest absolute Gasteiger partial charge is 0.264 e. The van der Waals surface area contributed by atoms with Crippen molar-refractivity contribution in [3.05, 3.63) is 89.5 Å². The van der Waals surface area contributed by atoms with E-state index < -0.39 is 28.5 Å². The minimum atomic E-state index is -4.19. The maximum atomic E-state index is 14.3. The number of nitrogens with one attached hydrogen (secondary N) is 1. The fraction of sp³-hybridized carbons (Fsp3) is 0.394. The maximum absolute atomic E-state index is 14.3. The van der Waals surface area contributed by atoms with Crippen molar-refractivity contribution < 1.29 is 22.7 Å². The average molecular weight is 594 g/mol. The molecule has 3 aromatic rings. The lowest BCUT2D eigenvalue weighted by molar-refractivity contribution is -0.140. The number of sulfonamides is 1. The molecule has 226 valence electrons. The van der Waals surface area contributed by atoms with Crippen molar-refractivity contribution in [3.63, 3.8) is 0 Å². The van der Waals surface area contributed by atoms with E-state index in [4.69, 9.17) is 4.74 Å². The second kappa shape index (κ2) is 15.4. The Labute approximate surface area is 250 Å². The number of benzene rings is 3. The van der Waals surface area contributed by atoms with Gasteiger partial charge in [-0.15, -0.1) is 0 Å². The molecule has 3 aromatic carbocycles. The van der Waals surface area contributed by atoms with Crippen molar-refractivity contribution in [2.24, 2.45) is 0 Å². The van der Waals surface area contributed by atoms with Crippen molar-refractivity contribution in [1.29, 1.82) is 0 Å². The highest BCUT2D eigenvalue weighted by atomic mass is 32.2. The number of hydrogen-bond donors (Lipinski definition) is 1. The average Bonchev–Trinajstić information content (AvgIpc) is 2.97. The van der Waals surface area contributed by atoms with Crippen LogP contribution >= 0.6 is 0 Å². The summed E-state index contributed by atoms with van der Waals surface area (Å²) in [7, 11) is -4.19. The van der Waals surface area contributed by atoms with Gasteiger partial charge in [0.2, 0.25) is 11.8 Å². The van der Waals surface area contributed by atoms with Gasteiger partial charge in [-0.25, -0.2) is 8.42 Å². The maximum Gasteiger partial charge on any atom is 0.264 e. The zero-order valence-electron chi connectivity index (χ0n) is 25.3. The first-order chi connectivity index (χ1) is 20.1. The zero-order valence-corrected chi connectivity index (χ0v) is 26.1. The SMILES string of the molecule is CCCCNC(=O)C(CC)N(Cc1ccccc1C)C(=O)CN(c1ccccc1OCC)S(=O)(=O)c1ccc(C)cc1. The fourth-order valence-corrected chi connectivity index (χ4v) is 6.11. The summed E-state index contributed by atoms with van der Waals surface area (Å²) in [5, 5.41) is 2.96. The number of hydrogen-bond acceptors (Lipinski definition) is 5. The van der Waals surface area contributed by atoms with Crippen molar-refractivity contribution in [1.82, 2.24) is 10.2 Å². The van der Waals surface area contributed by atoms with Gasteiger partial charge in [0.25, 0.3) is 10.0 Å². The molecule has 0 aliphatic rings. The van der Waals surface area contributed by atoms with Crippen LogP contribution in [-0.4, -0.2) is 50.9 Å². The molecule has 0 aromatic heterocycles. The summed E-state index contributed by atoms with van der Waals surface area (Å²) in [5.74, 6) is -0.397. The van der Waals surface area contributed by atoms with Crippen LogP contribution in [0.4, 0.5) is 5.69 Å². The number of carbonyl (C=O) groups excluding carboxylic acids is 2. The standard InChI is InChI=1S/C33H43N3O5S/c1-6-9-22-34-33(38)29(7-2)35(23-27-15-11-10-14-26(27)5)32(37)24-36(30-16-12-13-17-31(30)41-8-3)42(39,40)28-20-18-25(4)19-21-28/h10-21,29H,6-9,22-24H2,1-5H3,(H,34,38). The lowest BCUT2D eigenvalue weighted by Crippen LogP contribution is -2.52. The van der Waals surface area contributed by atoms with Crippen molar-refractivity contribution in [2.45, 2.75) is 71.4 Å². The van der Waals surface area contributed by atoms with Gasteiger partial charge in [-0.2, -0.15) is 0 Å². The second-order valence-corrected chi connectivity index (χ2v) is 12.1. The molecule has 1 N–H and O–H groups in total. The molecule has 9 heteroatoms. The van der Waals surface area contributed by atoms with Crippen LogP contribution < -0.4 is 14.4 Å². The van der Waals surface area contributed by atoms with E-state index in [1.165, 1.54) is 17.0 Å². The lowest BCUT2D eigenvalue weighted by atomic mass is 10.1. The highest BCUT2D eigenvalue weighted by Gasteiger charge is 2.34. The van der Waals surface area contributed by atoms with Gasteiger partial charge in [-0.05, 0) is 69.0 Å². The third-order valence-corrected chi connectivity index (χ3v) is 8.91. The van der Waals surface area contributed by atoms with E-state index in [2.05, 4.69) is 5.32 Å². The van der Waals surface area contributed by atoms with E-state index in [1.807, 2.05) is 58.9 Å². The number of anilines is 1. The predicted octanol–water partition coefficient (Wildman–Crippen LogP) is 5.62. The molecule has 0 radical (unpaired) electrons. The molecule has 0 bridgehead atoms. The van der Waals surface area contributed by atoms with E-state index in [0.717, 1.165) is 33.8 Å². The number of nitrogens with zero attached hydrogens (tertiary/aromatic N) is 2. The number of unbranched alkanes of at least 4 members (excludes halogenated alkanes) is 1. The zero-order chi connectivity index (χ0) is 30.7. The molecule has 1 unspecified atom stereocenters. The monoisotopic (exact) mass is 593 g/mol. The van der Waals surface area contributed by atoms with Crippen molar-refractivity contribution in [3.8, 4) is 5.75 Å². The molecule has 0 spiro atoms. The van der Waals surface area contributed by atoms with E-state index >= 15 is 0 Å². The topological polar surface area (TPSA) is 96.0 Å². The van der Waals surface area contributed by atoms with Crippen molar-refractivity contribution in [2.75, 3.05) is 24.0 Å². The Morgan fingerprint density at radius 2 is 1.57 bits per heavy atom. The first kappa shape index (κ1) is 32.7. The Bertz CT molecular complexity index is 1440. The van der Waals surface area contributed by atoms with Crippen LogP contribution in [0, 0.1) is 13.8 Å². The summed E-state index contributed by atoms with van der Waals surface area (Å²) in [6.07, 6.45) is 2.12. The molecule has 0 fully saturated rings. The molecule has 0 aliphatic carbocycles. The van der Waals surface area contributed by atoms with Crippen LogP contribution in [0.5, 0.6) is 5.75 Å². The van der Waals surface area contributed by atoms with Gasteiger partial charge >= 0.3 is 0 Å². The molecule has 1 atom stereocenters. The lowest BCUT2D eigenvalue weighted by Gasteiger charge is -2.34. The third-order valence-electron chi connectivity index (χ3n) is 7.14. The number of aryl methyl sites for hydroxylation is 2. The highest BCUT2D eigenvalue weighted by Crippen LogP contribution is 2.33. The van der Waals surface area contributed by atoms with Gasteiger partial charge in [0, 0.05) is 13.1 Å². The van der Waals surface area contributed by atoms with E-state index in [0.29, 0.717) is 25.3 Å². The summed E-state index contributed by atoms with van der Waals surface area (Å²) < 4.78 is 35.2. The van der Waals surface area contributed by atoms with Gasteiger partial charge in [-0.1, -0.05) is 74.4 Å². The summed E-state index contributed by atoms with van der Waals surface area (Å²) >= 11 is 0. The van der Waals surface area contributed by atoms with E-state index in [1.54, 1.807) is 36.4 Å². The summed E-state index contributed by atoms with van der Waals surface area (Å²) in [6.45, 7) is 10.0. The van der Waals surface area contributed by atoms with Gasteiger partial charge in [-0.3, -0.25) is 13.9 Å². The fourth-order valence-electron chi connectivity index (χ4n) is 4.69. The van der Waals surface area contributed by atoms with Crippen LogP contribution in [0.25, 0.3) is 0 Å². The normalized spacial score (nSPS) is 11.9. The van der Waals surface area contributed by atoms with Crippen LogP contribution in [0.3, 0.4) is 0 Å². The van der Waals surface area contributed by atoms with Crippen LogP contribution in [0.2, 0.25) is 0 Å². The van der Waals surface area contributed by atoms with Gasteiger partial charge < -0.3 is 15.0 Å². The number of para-hydroxylation sites is 2. The summed E-state index contributed by atoms with van der Waals surface area (Å²) in [5.41, 5.74) is 3.02. The molecule has 42 heavy (non-hydrogen) atoms. The van der Waals surface area contributed by atoms with Gasteiger partial charge in [0.15, 0.2) is 0 Å². The second-order valence-electron chi connectivity index (χ2n) is 10.2. The van der Waals surface area contributed by atoms with Crippen molar-refractivity contribution >= 4 is 27.5 Å². The third kappa shape index (κ3) is 8.12. The van der Waals surface area contributed by atoms with E-state index in [9.17, 15) is 18.0 Å². The molecular formula is C33H43N3O5S. The highest BCUT2D eigenvalue weighted by molar-refractivity contribution is 7.92. The molecule has 3 rings (SSSR count). The summed E-state index contributed by atoms with van der Waals surface area (Å²) in [4.78, 5) is 29.2. The van der Waals surface area contributed by atoms with Crippen LogP contribution in [-0.2, 0) is 26.2 Å². The molecule has 0 aliphatic heterocycles. The number of ether oxygens (including phenoxy) is 1. The molecule has 0 saturated heterocycles. The van der Waals surface area contributed by atoms with Crippen LogP contribution in [0.15, 0.2) is 77.7 Å². The largest absolute Gasteiger partial charge is 0.492 e. The first-order valence-corrected chi connectivity index (χ1v) is 16.0. The number of amides is 2. The first-order valence-electron chi connectivity index (χ1n) is 14.6. The Balaban J connectivity index is 2.10. The number of rotatable bonds is 15. The Morgan fingerprint density at radius 3 is 2.21 bits per heavy atom. The number of carbonyl (C=O) groups is 2.